The van der Waals surface area contributed by atoms with Crippen LogP contribution in [0.5, 0.6) is 0 Å². The lowest BCUT2D eigenvalue weighted by Crippen LogP contribution is -2.27. The predicted molar refractivity (Wildman–Crippen MR) is 89.5 cm³/mol. The van der Waals surface area contributed by atoms with Gasteiger partial charge in [0, 0.05) is 10.5 Å². The van der Waals surface area contributed by atoms with Gasteiger partial charge in [0.2, 0.25) is 0 Å². The molecule has 1 heterocycles. The summed E-state index contributed by atoms with van der Waals surface area (Å²) in [6.07, 6.45) is 0.688. The number of sulfonamides is 1. The van der Waals surface area contributed by atoms with Gasteiger partial charge in [-0.2, -0.15) is 0 Å². The summed E-state index contributed by atoms with van der Waals surface area (Å²) >= 11 is 7.86. The monoisotopic (exact) mass is 437 g/mol. The van der Waals surface area contributed by atoms with Crippen LogP contribution in [-0.2, 0) is 10.0 Å². The number of hydrogen-bond acceptors (Lipinski definition) is 3. The SMILES string of the molecule is CCC(NS(=O)(=O)c1ccc(Br)s1)c1ccc(Br)cc1. The zero-order valence-electron chi connectivity index (χ0n) is 10.6. The van der Waals surface area contributed by atoms with Crippen molar-refractivity contribution >= 4 is 53.2 Å². The van der Waals surface area contributed by atoms with Gasteiger partial charge >= 0.3 is 0 Å². The van der Waals surface area contributed by atoms with E-state index in [1.54, 1.807) is 12.1 Å². The van der Waals surface area contributed by atoms with Crippen molar-refractivity contribution in [1.29, 1.82) is 0 Å². The molecule has 0 bridgehead atoms. The Balaban J connectivity index is 2.24. The van der Waals surface area contributed by atoms with Crippen molar-refractivity contribution < 1.29 is 8.42 Å². The number of thiophene rings is 1. The van der Waals surface area contributed by atoms with E-state index in [0.29, 0.717) is 10.6 Å². The van der Waals surface area contributed by atoms with Gasteiger partial charge < -0.3 is 0 Å². The molecule has 1 unspecified atom stereocenters. The molecule has 2 aromatic rings. The van der Waals surface area contributed by atoms with Gasteiger partial charge in [0.1, 0.15) is 4.21 Å². The standard InChI is InChI=1S/C13H13Br2NO2S2/c1-2-11(9-3-5-10(14)6-4-9)16-20(17,18)13-8-7-12(15)19-13/h3-8,11,16H,2H2,1H3. The van der Waals surface area contributed by atoms with Crippen molar-refractivity contribution in [3.8, 4) is 0 Å². The minimum Gasteiger partial charge on any atom is -0.206 e. The molecule has 1 atom stereocenters. The fourth-order valence-corrected chi connectivity index (χ4v) is 5.37. The Morgan fingerprint density at radius 2 is 1.80 bits per heavy atom. The topological polar surface area (TPSA) is 46.2 Å². The molecule has 108 valence electrons. The molecule has 0 saturated heterocycles. The molecule has 0 aliphatic heterocycles. The van der Waals surface area contributed by atoms with Gasteiger partial charge in [-0.05, 0) is 52.2 Å². The van der Waals surface area contributed by atoms with E-state index < -0.39 is 10.0 Å². The largest absolute Gasteiger partial charge is 0.250 e. The lowest BCUT2D eigenvalue weighted by atomic mass is 10.1. The van der Waals surface area contributed by atoms with Crippen LogP contribution in [0, 0.1) is 0 Å². The van der Waals surface area contributed by atoms with Crippen LogP contribution in [0.4, 0.5) is 0 Å². The molecule has 0 spiro atoms. The smallest absolute Gasteiger partial charge is 0.206 e. The third-order valence-corrected chi connectivity index (χ3v) is 6.91. The van der Waals surface area contributed by atoms with E-state index >= 15 is 0 Å². The second-order valence-electron chi connectivity index (χ2n) is 4.19. The zero-order chi connectivity index (χ0) is 14.8. The summed E-state index contributed by atoms with van der Waals surface area (Å²) in [5.74, 6) is 0. The predicted octanol–water partition coefficient (Wildman–Crippen LogP) is 4.70. The van der Waals surface area contributed by atoms with Gasteiger partial charge in [0.05, 0.1) is 3.79 Å². The maximum Gasteiger partial charge on any atom is 0.250 e. The van der Waals surface area contributed by atoms with Crippen molar-refractivity contribution in [2.45, 2.75) is 23.6 Å². The summed E-state index contributed by atoms with van der Waals surface area (Å²) in [6.45, 7) is 1.96. The number of halogens is 2. The van der Waals surface area contributed by atoms with Crippen LogP contribution in [0.1, 0.15) is 24.9 Å². The highest BCUT2D eigenvalue weighted by Crippen LogP contribution is 2.28. The summed E-state index contributed by atoms with van der Waals surface area (Å²) in [5, 5.41) is 0. The van der Waals surface area contributed by atoms with E-state index in [1.165, 1.54) is 11.3 Å². The Kier molecular flexibility index (Phi) is 5.42. The first-order valence-electron chi connectivity index (χ1n) is 5.95. The van der Waals surface area contributed by atoms with Gasteiger partial charge in [0.15, 0.2) is 0 Å². The molecule has 7 heteroatoms. The molecule has 0 amide bonds. The molecule has 20 heavy (non-hydrogen) atoms. The Morgan fingerprint density at radius 1 is 1.15 bits per heavy atom. The van der Waals surface area contributed by atoms with E-state index in [9.17, 15) is 8.42 Å². The summed E-state index contributed by atoms with van der Waals surface area (Å²) in [5.41, 5.74) is 0.954. The van der Waals surface area contributed by atoms with Crippen molar-refractivity contribution in [2.24, 2.45) is 0 Å². The Labute approximate surface area is 139 Å². The lowest BCUT2D eigenvalue weighted by Gasteiger charge is -2.17. The fourth-order valence-electron chi connectivity index (χ4n) is 1.77. The van der Waals surface area contributed by atoms with Crippen LogP contribution in [0.3, 0.4) is 0 Å². The molecule has 0 radical (unpaired) electrons. The van der Waals surface area contributed by atoms with E-state index in [4.69, 9.17) is 0 Å². The lowest BCUT2D eigenvalue weighted by molar-refractivity contribution is 0.552. The number of nitrogens with one attached hydrogen (secondary N) is 1. The highest BCUT2D eigenvalue weighted by Gasteiger charge is 2.21. The van der Waals surface area contributed by atoms with Gasteiger partial charge in [-0.15, -0.1) is 11.3 Å². The van der Waals surface area contributed by atoms with Gasteiger partial charge in [-0.3, -0.25) is 0 Å². The van der Waals surface area contributed by atoms with E-state index in [1.807, 2.05) is 31.2 Å². The number of hydrogen-bond donors (Lipinski definition) is 1. The van der Waals surface area contributed by atoms with Crippen molar-refractivity contribution in [2.75, 3.05) is 0 Å². The second kappa shape index (κ2) is 6.70. The van der Waals surface area contributed by atoms with Gasteiger partial charge in [0.25, 0.3) is 10.0 Å². The highest BCUT2D eigenvalue weighted by atomic mass is 79.9. The van der Waals surface area contributed by atoms with Crippen LogP contribution in [0.15, 0.2) is 48.9 Å². The van der Waals surface area contributed by atoms with Crippen LogP contribution in [0.25, 0.3) is 0 Å². The van der Waals surface area contributed by atoms with Crippen molar-refractivity contribution in [3.63, 3.8) is 0 Å². The van der Waals surface area contributed by atoms with Gasteiger partial charge in [-0.25, -0.2) is 13.1 Å². The van der Waals surface area contributed by atoms with E-state index in [0.717, 1.165) is 13.8 Å². The van der Waals surface area contributed by atoms with E-state index in [-0.39, 0.29) is 6.04 Å². The summed E-state index contributed by atoms with van der Waals surface area (Å²) in [4.78, 5) is 0. The molecule has 0 saturated carbocycles. The molecule has 1 aromatic carbocycles. The molecular weight excluding hydrogens is 426 g/mol. The Hall–Kier alpha value is -0.210. The minimum atomic E-state index is -3.48. The third kappa shape index (κ3) is 3.92. The van der Waals surface area contributed by atoms with Crippen LogP contribution in [-0.4, -0.2) is 8.42 Å². The number of benzene rings is 1. The first-order valence-corrected chi connectivity index (χ1v) is 9.84. The van der Waals surface area contributed by atoms with Crippen molar-refractivity contribution in [1.82, 2.24) is 4.72 Å². The normalized spacial score (nSPS) is 13.3. The van der Waals surface area contributed by atoms with Crippen LogP contribution < -0.4 is 4.72 Å². The molecular formula is C13H13Br2NO2S2. The summed E-state index contributed by atoms with van der Waals surface area (Å²) < 4.78 is 29.5. The zero-order valence-corrected chi connectivity index (χ0v) is 15.4. The molecule has 0 fully saturated rings. The third-order valence-electron chi connectivity index (χ3n) is 2.79. The summed E-state index contributed by atoms with van der Waals surface area (Å²) in [6, 6.07) is 10.8. The average molecular weight is 439 g/mol. The Bertz CT molecular complexity index is 681. The number of rotatable bonds is 5. The second-order valence-corrected chi connectivity index (χ2v) is 9.51. The maximum absolute atomic E-state index is 12.3. The molecule has 1 aromatic heterocycles. The molecule has 0 aliphatic carbocycles. The highest BCUT2D eigenvalue weighted by molar-refractivity contribution is 9.11. The maximum atomic E-state index is 12.3. The average Bonchev–Trinajstić information content (AvgIpc) is 2.85. The molecule has 0 aliphatic rings. The van der Waals surface area contributed by atoms with Crippen molar-refractivity contribution in [3.05, 3.63) is 50.2 Å². The quantitative estimate of drug-likeness (QED) is 0.734. The molecule has 2 rings (SSSR count). The first kappa shape index (κ1) is 16.2. The van der Waals surface area contributed by atoms with Gasteiger partial charge in [-0.1, -0.05) is 35.0 Å². The van der Waals surface area contributed by atoms with Crippen LogP contribution >= 0.6 is 43.2 Å². The van der Waals surface area contributed by atoms with E-state index in [2.05, 4.69) is 36.6 Å². The van der Waals surface area contributed by atoms with Crippen LogP contribution in [0.2, 0.25) is 0 Å². The summed E-state index contributed by atoms with van der Waals surface area (Å²) in [7, 11) is -3.48. The minimum absolute atomic E-state index is 0.228. The Morgan fingerprint density at radius 3 is 2.30 bits per heavy atom. The molecule has 1 N–H and O–H groups in total. The fraction of sp³-hybridized carbons (Fsp3) is 0.231. The molecule has 3 nitrogen and oxygen atoms in total. The first-order chi connectivity index (χ1) is 9.42.